The molecule has 2 aliphatic heterocycles. The highest BCUT2D eigenvalue weighted by atomic mass is 16.3. The van der Waals surface area contributed by atoms with E-state index in [0.29, 0.717) is 0 Å². The summed E-state index contributed by atoms with van der Waals surface area (Å²) >= 11 is 0. The van der Waals surface area contributed by atoms with Gasteiger partial charge in [-0.3, -0.25) is 0 Å². The van der Waals surface area contributed by atoms with Gasteiger partial charge in [0.25, 0.3) is 6.71 Å². The Morgan fingerprint density at radius 3 is 1.11 bits per heavy atom. The molecule has 0 unspecified atom stereocenters. The molecule has 4 nitrogen and oxygen atoms in total. The molecule has 83 heavy (non-hydrogen) atoms. The van der Waals surface area contributed by atoms with E-state index < -0.39 is 0 Å². The molecule has 0 saturated heterocycles. The Morgan fingerprint density at radius 2 is 0.651 bits per heavy atom. The zero-order valence-corrected chi connectivity index (χ0v) is 45.3. The summed E-state index contributed by atoms with van der Waals surface area (Å²) in [5.74, 6) is 0. The van der Waals surface area contributed by atoms with Gasteiger partial charge in [-0.15, -0.1) is 0 Å². The van der Waals surface area contributed by atoms with Crippen molar-refractivity contribution in [2.24, 2.45) is 0 Å². The van der Waals surface area contributed by atoms with Crippen molar-refractivity contribution in [3.8, 4) is 55.6 Å². The van der Waals surface area contributed by atoms with Gasteiger partial charge in [-0.2, -0.15) is 0 Å². The lowest BCUT2D eigenvalue weighted by molar-refractivity contribution is 0.669. The van der Waals surface area contributed by atoms with Crippen LogP contribution in [0.25, 0.3) is 77.6 Å². The number of fused-ring (bicyclic) bond motifs is 7. The van der Waals surface area contributed by atoms with Crippen LogP contribution in [0.15, 0.2) is 320 Å². The Labute approximate surface area is 483 Å². The smallest absolute Gasteiger partial charge is 0.252 e. The predicted octanol–water partition coefficient (Wildman–Crippen LogP) is 19.5. The van der Waals surface area contributed by atoms with E-state index in [-0.39, 0.29) is 6.71 Å². The van der Waals surface area contributed by atoms with E-state index in [4.69, 9.17) is 4.42 Å². The third-order valence-corrected chi connectivity index (χ3v) is 16.8. The molecule has 0 fully saturated rings. The maximum Gasteiger partial charge on any atom is 0.252 e. The summed E-state index contributed by atoms with van der Waals surface area (Å²) in [6.45, 7) is -0.161. The molecule has 3 heterocycles. The number of anilines is 9. The lowest BCUT2D eigenvalue weighted by atomic mass is 9.33. The van der Waals surface area contributed by atoms with Crippen LogP contribution in [0.1, 0.15) is 0 Å². The number of para-hydroxylation sites is 1. The number of rotatable bonds is 10. The van der Waals surface area contributed by atoms with Crippen molar-refractivity contribution in [2.75, 3.05) is 14.7 Å². The van der Waals surface area contributed by atoms with E-state index in [0.717, 1.165) is 89.8 Å². The van der Waals surface area contributed by atoms with Crippen molar-refractivity contribution < 1.29 is 4.42 Å². The van der Waals surface area contributed by atoms with E-state index in [2.05, 4.69) is 330 Å². The van der Waals surface area contributed by atoms with Crippen molar-refractivity contribution >= 4 is 96.2 Å². The van der Waals surface area contributed by atoms with Crippen molar-refractivity contribution in [2.45, 2.75) is 0 Å². The average Bonchev–Trinajstić information content (AvgIpc) is 4.12. The molecule has 14 aromatic rings. The first kappa shape index (κ1) is 48.1. The molecule has 0 radical (unpaired) electrons. The van der Waals surface area contributed by atoms with Crippen LogP contribution in [0.2, 0.25) is 0 Å². The van der Waals surface area contributed by atoms with Crippen LogP contribution in [0.3, 0.4) is 0 Å². The SMILES string of the molecule is c1ccc(-c2ccc(N3c4ccc(-c5ccccc5)cc4B4c5cc(-c6ccccc6)ccc5N(c5ccc(-c6ccccc6)cc5)c5cc(N(c6ccc(-c7ccccc7)cc6)c6cccc7oc8ccccc8c67)cc3c54)cc2)cc1. The topological polar surface area (TPSA) is 22.9 Å². The summed E-state index contributed by atoms with van der Waals surface area (Å²) in [4.78, 5) is 7.52. The predicted molar refractivity (Wildman–Crippen MR) is 350 cm³/mol. The largest absolute Gasteiger partial charge is 0.456 e. The van der Waals surface area contributed by atoms with Gasteiger partial charge in [-0.1, -0.05) is 237 Å². The molecule has 16 rings (SSSR count). The summed E-state index contributed by atoms with van der Waals surface area (Å²) in [7, 11) is 0. The fraction of sp³-hybridized carbons (Fsp3) is 0. The van der Waals surface area contributed by atoms with Crippen LogP contribution in [0.5, 0.6) is 0 Å². The zero-order chi connectivity index (χ0) is 54.8. The summed E-state index contributed by atoms with van der Waals surface area (Å²) in [6.07, 6.45) is 0. The Kier molecular flexibility index (Phi) is 11.6. The fourth-order valence-corrected chi connectivity index (χ4v) is 13.0. The van der Waals surface area contributed by atoms with Crippen LogP contribution in [0.4, 0.5) is 51.2 Å². The first-order chi connectivity index (χ1) is 41.2. The van der Waals surface area contributed by atoms with Gasteiger partial charge in [0.15, 0.2) is 0 Å². The van der Waals surface area contributed by atoms with Crippen molar-refractivity contribution in [1.82, 2.24) is 0 Å². The van der Waals surface area contributed by atoms with Gasteiger partial charge in [0.05, 0.1) is 16.8 Å². The molecule has 2 aliphatic rings. The Bertz CT molecular complexity index is 4500. The van der Waals surface area contributed by atoms with Gasteiger partial charge in [-0.25, -0.2) is 0 Å². The number of furan rings is 1. The van der Waals surface area contributed by atoms with E-state index in [1.165, 1.54) is 55.3 Å². The molecular formula is C78H52BN3O. The highest BCUT2D eigenvalue weighted by molar-refractivity contribution is 7.00. The second kappa shape index (κ2) is 20.0. The summed E-state index contributed by atoms with van der Waals surface area (Å²) in [6, 6.07) is 115. The molecule has 0 N–H and O–H groups in total. The second-order valence-electron chi connectivity index (χ2n) is 21.6. The first-order valence-electron chi connectivity index (χ1n) is 28.5. The van der Waals surface area contributed by atoms with Gasteiger partial charge >= 0.3 is 0 Å². The van der Waals surface area contributed by atoms with Gasteiger partial charge < -0.3 is 19.1 Å². The Hall–Kier alpha value is -10.9. The minimum atomic E-state index is -0.161. The maximum atomic E-state index is 6.70. The molecule has 0 spiro atoms. The first-order valence-corrected chi connectivity index (χ1v) is 28.5. The summed E-state index contributed by atoms with van der Waals surface area (Å²) in [5.41, 5.74) is 26.8. The third kappa shape index (κ3) is 8.32. The lowest BCUT2D eigenvalue weighted by Gasteiger charge is -2.45. The van der Waals surface area contributed by atoms with E-state index in [1.54, 1.807) is 0 Å². The van der Waals surface area contributed by atoms with Crippen LogP contribution in [-0.4, -0.2) is 6.71 Å². The number of benzene rings is 13. The number of nitrogens with zero attached hydrogens (tertiary/aromatic N) is 3. The molecule has 0 amide bonds. The summed E-state index contributed by atoms with van der Waals surface area (Å²) in [5, 5.41) is 2.12. The zero-order valence-electron chi connectivity index (χ0n) is 45.3. The highest BCUT2D eigenvalue weighted by Gasteiger charge is 2.44. The molecule has 0 atom stereocenters. The second-order valence-corrected chi connectivity index (χ2v) is 21.6. The van der Waals surface area contributed by atoms with E-state index >= 15 is 0 Å². The third-order valence-electron chi connectivity index (χ3n) is 16.8. The van der Waals surface area contributed by atoms with Crippen LogP contribution in [-0.2, 0) is 0 Å². The van der Waals surface area contributed by atoms with Crippen molar-refractivity contribution in [1.29, 1.82) is 0 Å². The van der Waals surface area contributed by atoms with Crippen molar-refractivity contribution in [3.63, 3.8) is 0 Å². The molecule has 1 aromatic heterocycles. The lowest BCUT2D eigenvalue weighted by Crippen LogP contribution is -2.61. The number of hydrogen-bond donors (Lipinski definition) is 0. The van der Waals surface area contributed by atoms with Crippen LogP contribution >= 0.6 is 0 Å². The number of hydrogen-bond acceptors (Lipinski definition) is 4. The highest BCUT2D eigenvalue weighted by Crippen LogP contribution is 2.51. The molecule has 5 heteroatoms. The maximum absolute atomic E-state index is 6.70. The standard InChI is InChI=1S/C78H52BN3O/c1-6-19-53(20-7-1)58-33-41-63(42-34-58)80(72-30-18-32-76-77(72)67-29-16-17-31-75(67)83-76)66-51-73-78-74(52-66)82(65-45-37-60(38-46-65)55-23-10-3-11-24-55)71-48-40-62(57-27-14-5-15-28-57)50-69(71)79(78)68-49-61(56-25-12-4-13-26-56)39-47-70(68)81(73)64-43-35-59(36-44-64)54-21-8-2-9-22-54/h1-52H. The fourth-order valence-electron chi connectivity index (χ4n) is 13.0. The van der Waals surface area contributed by atoms with Crippen LogP contribution < -0.4 is 31.1 Å². The van der Waals surface area contributed by atoms with Gasteiger partial charge in [0.1, 0.15) is 11.2 Å². The minimum absolute atomic E-state index is 0.161. The van der Waals surface area contributed by atoms with Crippen molar-refractivity contribution in [3.05, 3.63) is 315 Å². The molecule has 0 bridgehead atoms. The van der Waals surface area contributed by atoms with Gasteiger partial charge in [0.2, 0.25) is 0 Å². The molecular weight excluding hydrogens is 1010 g/mol. The molecule has 0 saturated carbocycles. The van der Waals surface area contributed by atoms with Gasteiger partial charge in [-0.05, 0) is 151 Å². The van der Waals surface area contributed by atoms with Crippen LogP contribution in [0, 0.1) is 0 Å². The molecule has 388 valence electrons. The quantitative estimate of drug-likeness (QED) is 0.127. The van der Waals surface area contributed by atoms with E-state index in [1.807, 2.05) is 0 Å². The van der Waals surface area contributed by atoms with Gasteiger partial charge in [0, 0.05) is 45.2 Å². The Morgan fingerprint density at radius 1 is 0.277 bits per heavy atom. The summed E-state index contributed by atoms with van der Waals surface area (Å²) < 4.78 is 6.70. The Balaban J connectivity index is 1.01. The molecule has 0 aliphatic carbocycles. The van der Waals surface area contributed by atoms with E-state index in [9.17, 15) is 0 Å². The minimum Gasteiger partial charge on any atom is -0.456 e. The normalized spacial score (nSPS) is 12.3. The monoisotopic (exact) mass is 1060 g/mol. The molecule has 13 aromatic carbocycles. The average molecular weight is 1060 g/mol.